The molecular weight excluding hydrogens is 556 g/mol. The second-order valence-corrected chi connectivity index (χ2v) is 12.9. The van der Waals surface area contributed by atoms with Gasteiger partial charge >= 0.3 is 0 Å². The van der Waals surface area contributed by atoms with Crippen molar-refractivity contribution in [3.63, 3.8) is 0 Å². The van der Waals surface area contributed by atoms with Crippen molar-refractivity contribution in [1.29, 1.82) is 0 Å². The van der Waals surface area contributed by atoms with Crippen LogP contribution in [-0.2, 0) is 25.6 Å². The van der Waals surface area contributed by atoms with Crippen LogP contribution >= 0.6 is 11.6 Å². The van der Waals surface area contributed by atoms with Gasteiger partial charge in [0.25, 0.3) is 0 Å². The maximum atomic E-state index is 14.0. The zero-order chi connectivity index (χ0) is 31.0. The number of rotatable bonds is 7. The Hall–Kier alpha value is -2.72. The first kappa shape index (κ1) is 33.8. The van der Waals surface area contributed by atoms with Crippen molar-refractivity contribution >= 4 is 35.2 Å². The highest BCUT2D eigenvalue weighted by Crippen LogP contribution is 2.32. The Kier molecular flexibility index (Phi) is 12.6. The molecule has 3 rings (SSSR count). The van der Waals surface area contributed by atoms with Gasteiger partial charge in [0, 0.05) is 39.0 Å². The van der Waals surface area contributed by atoms with Gasteiger partial charge in [-0.15, -0.1) is 0 Å². The topological polar surface area (TPSA) is 138 Å². The molecule has 234 valence electrons. The van der Waals surface area contributed by atoms with Crippen LogP contribution in [0.1, 0.15) is 82.9 Å². The van der Waals surface area contributed by atoms with E-state index in [1.807, 2.05) is 20.8 Å². The van der Waals surface area contributed by atoms with Gasteiger partial charge in [0.05, 0.1) is 11.1 Å². The summed E-state index contributed by atoms with van der Waals surface area (Å²) in [7, 11) is 3.24. The summed E-state index contributed by atoms with van der Waals surface area (Å²) in [6.07, 6.45) is 8.85. The van der Waals surface area contributed by atoms with E-state index in [-0.39, 0.29) is 41.9 Å². The van der Waals surface area contributed by atoms with Crippen LogP contribution in [0.3, 0.4) is 0 Å². The normalized spacial score (nSPS) is 24.2. The minimum atomic E-state index is -0.868. The molecular formula is C31H49ClN6O4. The molecule has 0 aromatic carbocycles. The van der Waals surface area contributed by atoms with Crippen LogP contribution in [0.2, 0.25) is 5.02 Å². The van der Waals surface area contributed by atoms with Gasteiger partial charge in [-0.3, -0.25) is 24.2 Å². The number of nitrogens with one attached hydrogen (secondary N) is 2. The molecule has 0 bridgehead atoms. The summed E-state index contributed by atoms with van der Waals surface area (Å²) in [4.78, 5) is 61.8. The number of aryl methyl sites for hydroxylation is 1. The van der Waals surface area contributed by atoms with Gasteiger partial charge in [0.1, 0.15) is 18.1 Å². The van der Waals surface area contributed by atoms with Crippen molar-refractivity contribution in [3.05, 3.63) is 28.5 Å². The molecule has 1 aromatic rings. The number of halogens is 1. The fourth-order valence-corrected chi connectivity index (χ4v) is 5.78. The van der Waals surface area contributed by atoms with Gasteiger partial charge < -0.3 is 26.2 Å². The van der Waals surface area contributed by atoms with E-state index in [4.69, 9.17) is 17.3 Å². The lowest BCUT2D eigenvalue weighted by atomic mass is 9.98. The van der Waals surface area contributed by atoms with Gasteiger partial charge in [-0.1, -0.05) is 51.1 Å². The summed E-state index contributed by atoms with van der Waals surface area (Å²) in [6.45, 7) is 6.31. The van der Waals surface area contributed by atoms with E-state index in [9.17, 15) is 19.2 Å². The number of aromatic nitrogens is 1. The maximum absolute atomic E-state index is 14.0. The van der Waals surface area contributed by atoms with Gasteiger partial charge in [0.2, 0.25) is 23.6 Å². The number of amides is 4. The van der Waals surface area contributed by atoms with Crippen molar-refractivity contribution in [1.82, 2.24) is 25.4 Å². The quantitative estimate of drug-likeness (QED) is 0.437. The third-order valence-corrected chi connectivity index (χ3v) is 8.70. The van der Waals surface area contributed by atoms with Crippen LogP contribution in [0.4, 0.5) is 0 Å². The predicted octanol–water partition coefficient (Wildman–Crippen LogP) is 2.98. The molecule has 2 aliphatic rings. The molecule has 0 spiro atoms. The summed E-state index contributed by atoms with van der Waals surface area (Å²) < 4.78 is 0. The standard InChI is InChI=1S/C31H49ClN6O4/c1-19(2)15-24-30(41)38(5)26(17-22-16-23(32)18-35-20(22)3)28(39)34-14-10-8-6-7-9-11-25(29(40)36-24)37(4)31(42)27(33)21-12-13-21/h16,18-19,21,24-27H,6-15,17,33H2,1-5H3,(H,34,39)(H,36,40)/t24-,25-,26-,27-/m0/s1. The molecule has 4 atom stereocenters. The van der Waals surface area contributed by atoms with Crippen LogP contribution < -0.4 is 16.4 Å². The highest BCUT2D eigenvalue weighted by atomic mass is 35.5. The van der Waals surface area contributed by atoms with E-state index in [0.29, 0.717) is 24.4 Å². The Morgan fingerprint density at radius 1 is 1.12 bits per heavy atom. The van der Waals surface area contributed by atoms with Gasteiger partial charge in [-0.2, -0.15) is 0 Å². The maximum Gasteiger partial charge on any atom is 0.245 e. The zero-order valence-electron chi connectivity index (χ0n) is 25.8. The van der Waals surface area contributed by atoms with E-state index in [0.717, 1.165) is 56.2 Å². The Bertz CT molecular complexity index is 1110. The third-order valence-electron chi connectivity index (χ3n) is 8.50. The highest BCUT2D eigenvalue weighted by molar-refractivity contribution is 6.30. The van der Waals surface area contributed by atoms with Crippen molar-refractivity contribution in [2.75, 3.05) is 20.6 Å². The molecule has 10 nitrogen and oxygen atoms in total. The van der Waals surface area contributed by atoms with Crippen LogP contribution in [0.15, 0.2) is 12.3 Å². The number of nitrogens with two attached hydrogens (primary N) is 1. The molecule has 2 fully saturated rings. The van der Waals surface area contributed by atoms with Crippen molar-refractivity contribution in [2.45, 2.75) is 109 Å². The minimum Gasteiger partial charge on any atom is -0.354 e. The zero-order valence-corrected chi connectivity index (χ0v) is 26.6. The molecule has 11 heteroatoms. The lowest BCUT2D eigenvalue weighted by Crippen LogP contribution is -2.59. The SMILES string of the molecule is Cc1ncc(Cl)cc1C[C@H]1C(=O)NCCCCCCC[C@H](N(C)C(=O)[C@@H](N)C2CC2)C(=O)N[C@@H](CC(C)C)C(=O)N1C. The largest absolute Gasteiger partial charge is 0.354 e. The first-order chi connectivity index (χ1) is 19.9. The average Bonchev–Trinajstić information content (AvgIpc) is 3.79. The van der Waals surface area contributed by atoms with Crippen LogP contribution in [-0.4, -0.2) is 83.2 Å². The smallest absolute Gasteiger partial charge is 0.245 e. The molecule has 2 heterocycles. The van der Waals surface area contributed by atoms with Crippen LogP contribution in [0.25, 0.3) is 0 Å². The fourth-order valence-electron chi connectivity index (χ4n) is 5.60. The van der Waals surface area contributed by atoms with E-state index in [1.165, 1.54) is 9.80 Å². The number of carbonyl (C=O) groups is 4. The van der Waals surface area contributed by atoms with Crippen LogP contribution in [0, 0.1) is 18.8 Å². The highest BCUT2D eigenvalue weighted by Gasteiger charge is 2.39. The van der Waals surface area contributed by atoms with Gasteiger partial charge in [-0.25, -0.2) is 0 Å². The van der Waals surface area contributed by atoms with E-state index in [1.54, 1.807) is 26.4 Å². The van der Waals surface area contributed by atoms with Gasteiger partial charge in [0.15, 0.2) is 0 Å². The summed E-state index contributed by atoms with van der Waals surface area (Å²) >= 11 is 6.22. The lowest BCUT2D eigenvalue weighted by molar-refractivity contribution is -0.144. The molecule has 1 saturated carbocycles. The molecule has 1 aliphatic carbocycles. The van der Waals surface area contributed by atoms with Crippen molar-refractivity contribution < 1.29 is 19.2 Å². The summed E-state index contributed by atoms with van der Waals surface area (Å²) in [5.41, 5.74) is 7.73. The molecule has 1 aliphatic heterocycles. The van der Waals surface area contributed by atoms with E-state index < -0.39 is 24.2 Å². The molecule has 4 N–H and O–H groups in total. The number of hydrogen-bond donors (Lipinski definition) is 3. The molecule has 0 radical (unpaired) electrons. The lowest BCUT2D eigenvalue weighted by Gasteiger charge is -2.34. The molecule has 42 heavy (non-hydrogen) atoms. The Morgan fingerprint density at radius 2 is 1.79 bits per heavy atom. The summed E-state index contributed by atoms with van der Waals surface area (Å²) in [5, 5.41) is 6.44. The Balaban J connectivity index is 1.91. The first-order valence-corrected chi connectivity index (χ1v) is 15.8. The number of nitrogens with zero attached hydrogens (tertiary/aromatic N) is 3. The fraction of sp³-hybridized carbons (Fsp3) is 0.710. The summed E-state index contributed by atoms with van der Waals surface area (Å²) in [5.74, 6) is -0.975. The number of pyridine rings is 1. The second-order valence-electron chi connectivity index (χ2n) is 12.4. The van der Waals surface area contributed by atoms with E-state index >= 15 is 0 Å². The average molecular weight is 605 g/mol. The van der Waals surface area contributed by atoms with Crippen molar-refractivity contribution in [3.8, 4) is 0 Å². The molecule has 1 saturated heterocycles. The minimum absolute atomic E-state index is 0.0889. The molecule has 0 unspecified atom stereocenters. The van der Waals surface area contributed by atoms with Crippen molar-refractivity contribution in [2.24, 2.45) is 17.6 Å². The molecule has 1 aromatic heterocycles. The number of hydrogen-bond acceptors (Lipinski definition) is 6. The van der Waals surface area contributed by atoms with Gasteiger partial charge in [-0.05, 0) is 62.5 Å². The number of carbonyl (C=O) groups excluding carboxylic acids is 4. The number of likely N-dealkylation sites (N-methyl/N-ethyl adjacent to an activating group) is 2. The monoisotopic (exact) mass is 604 g/mol. The third kappa shape index (κ3) is 9.39. The second kappa shape index (κ2) is 15.7. The summed E-state index contributed by atoms with van der Waals surface area (Å²) in [6, 6.07) is -1.28. The van der Waals surface area contributed by atoms with E-state index in [2.05, 4.69) is 15.6 Å². The first-order valence-electron chi connectivity index (χ1n) is 15.4. The predicted molar refractivity (Wildman–Crippen MR) is 164 cm³/mol. The molecule has 4 amide bonds. The Morgan fingerprint density at radius 3 is 2.45 bits per heavy atom. The Labute approximate surface area is 255 Å². The van der Waals surface area contributed by atoms with Crippen LogP contribution in [0.5, 0.6) is 0 Å².